The van der Waals surface area contributed by atoms with Crippen LogP contribution in [-0.4, -0.2) is 156 Å². The summed E-state index contributed by atoms with van der Waals surface area (Å²) >= 11 is 0. The van der Waals surface area contributed by atoms with E-state index < -0.39 is 102 Å². The van der Waals surface area contributed by atoms with Crippen LogP contribution in [0.4, 0.5) is 0 Å². The van der Waals surface area contributed by atoms with Crippen molar-refractivity contribution in [3.05, 3.63) is 47.2 Å². The SMILES string of the molecule is NCCCC[C@H](NC(=O)[C@H](Cc1cccc(C(N)=O)c1)NC(=O)[C@@H]1CCCN1C(=O)[C@@H](CCCN)NC(=O)CNC(=O)[C@H](CCCN)NC(=O)C[C@@H](O)CN)C(=O)N/C(=C\CCN=C(N)N)C(=O)O. The third-order valence-electron chi connectivity index (χ3n) is 10.8. The van der Waals surface area contributed by atoms with Crippen molar-refractivity contribution in [2.24, 2.45) is 45.1 Å². The van der Waals surface area contributed by atoms with Crippen molar-refractivity contribution in [2.75, 3.05) is 45.8 Å². The van der Waals surface area contributed by atoms with Gasteiger partial charge in [-0.3, -0.25) is 43.3 Å². The third-order valence-corrected chi connectivity index (χ3v) is 10.8. The maximum atomic E-state index is 14.2. The molecule has 26 nitrogen and oxygen atoms in total. The lowest BCUT2D eigenvalue weighted by Gasteiger charge is -2.30. The lowest BCUT2D eigenvalue weighted by Crippen LogP contribution is -2.58. The lowest BCUT2D eigenvalue weighted by molar-refractivity contribution is -0.142. The van der Waals surface area contributed by atoms with E-state index in [0.717, 1.165) is 0 Å². The Hall–Kier alpha value is -6.74. The number of aliphatic hydroxyl groups excluding tert-OH is 1. The van der Waals surface area contributed by atoms with Crippen LogP contribution >= 0.6 is 0 Å². The van der Waals surface area contributed by atoms with Crippen molar-refractivity contribution in [3.63, 3.8) is 0 Å². The monoisotopic (exact) mass is 974 g/mol. The highest BCUT2D eigenvalue weighted by atomic mass is 16.4. The predicted molar refractivity (Wildman–Crippen MR) is 252 cm³/mol. The Labute approximate surface area is 400 Å². The van der Waals surface area contributed by atoms with Gasteiger partial charge in [-0.15, -0.1) is 0 Å². The lowest BCUT2D eigenvalue weighted by atomic mass is 10.0. The van der Waals surface area contributed by atoms with E-state index in [4.69, 9.17) is 40.1 Å². The molecule has 0 bridgehead atoms. The molecular weight excluding hydrogens is 903 g/mol. The summed E-state index contributed by atoms with van der Waals surface area (Å²) in [5, 5.41) is 34.7. The van der Waals surface area contributed by atoms with Crippen LogP contribution in [0.1, 0.15) is 86.6 Å². The van der Waals surface area contributed by atoms with Crippen LogP contribution < -0.4 is 72.0 Å². The van der Waals surface area contributed by atoms with Gasteiger partial charge in [0.2, 0.25) is 47.3 Å². The zero-order chi connectivity index (χ0) is 51.5. The molecule has 26 heteroatoms. The molecule has 1 fully saturated rings. The number of likely N-dealkylation sites (tertiary alicyclic amines) is 1. The number of nitrogens with two attached hydrogens (primary N) is 7. The number of guanidine groups is 1. The fourth-order valence-electron chi connectivity index (χ4n) is 7.17. The number of amides is 8. The molecule has 1 aliphatic rings. The molecule has 6 atom stereocenters. The van der Waals surface area contributed by atoms with E-state index in [-0.39, 0.29) is 102 Å². The molecule has 0 aromatic heterocycles. The molecule has 384 valence electrons. The second-order valence-corrected chi connectivity index (χ2v) is 16.3. The molecule has 0 radical (unpaired) electrons. The number of aliphatic hydroxyl groups is 1. The Kier molecular flexibility index (Phi) is 26.5. The molecule has 1 saturated heterocycles. The number of benzene rings is 1. The number of rotatable bonds is 32. The first-order valence-corrected chi connectivity index (χ1v) is 22.8. The van der Waals surface area contributed by atoms with Gasteiger partial charge in [0, 0.05) is 31.6 Å². The molecular formula is C43H71N15O11. The van der Waals surface area contributed by atoms with E-state index in [9.17, 15) is 53.4 Å². The summed E-state index contributed by atoms with van der Waals surface area (Å²) in [6.07, 6.45) is 1.69. The number of carboxylic acid groups (broad SMARTS) is 1. The van der Waals surface area contributed by atoms with Crippen molar-refractivity contribution in [1.29, 1.82) is 0 Å². The molecule has 1 aliphatic heterocycles. The minimum atomic E-state index is -1.47. The molecule has 0 saturated carbocycles. The van der Waals surface area contributed by atoms with Gasteiger partial charge in [0.1, 0.15) is 35.9 Å². The first-order chi connectivity index (χ1) is 32.8. The van der Waals surface area contributed by atoms with Crippen molar-refractivity contribution in [1.82, 2.24) is 36.8 Å². The number of nitrogens with one attached hydrogen (secondary N) is 6. The van der Waals surface area contributed by atoms with Crippen LogP contribution in [0.15, 0.2) is 41.0 Å². The van der Waals surface area contributed by atoms with Crippen LogP contribution in [0, 0.1) is 0 Å². The highest BCUT2D eigenvalue weighted by Gasteiger charge is 2.39. The van der Waals surface area contributed by atoms with Gasteiger partial charge in [0.25, 0.3) is 0 Å². The Balaban J connectivity index is 2.36. The normalized spacial score (nSPS) is 15.6. The zero-order valence-corrected chi connectivity index (χ0v) is 38.8. The maximum Gasteiger partial charge on any atom is 0.352 e. The smallest absolute Gasteiger partial charge is 0.352 e. The average molecular weight is 974 g/mol. The fourth-order valence-corrected chi connectivity index (χ4v) is 7.17. The van der Waals surface area contributed by atoms with Gasteiger partial charge in [0.05, 0.1) is 19.1 Å². The van der Waals surface area contributed by atoms with Crippen LogP contribution in [0.25, 0.3) is 0 Å². The third kappa shape index (κ3) is 21.4. The summed E-state index contributed by atoms with van der Waals surface area (Å²) in [5.74, 6) is -7.70. The van der Waals surface area contributed by atoms with Crippen LogP contribution in [0.2, 0.25) is 0 Å². The van der Waals surface area contributed by atoms with Crippen molar-refractivity contribution in [2.45, 2.75) is 113 Å². The number of aliphatic carboxylic acids is 1. The summed E-state index contributed by atoms with van der Waals surface area (Å²) in [5.41, 5.74) is 38.6. The number of hydrogen-bond acceptors (Lipinski definition) is 15. The molecule has 8 amide bonds. The zero-order valence-electron chi connectivity index (χ0n) is 38.8. The van der Waals surface area contributed by atoms with Gasteiger partial charge in [-0.1, -0.05) is 18.2 Å². The van der Waals surface area contributed by atoms with Gasteiger partial charge in [-0.2, -0.15) is 0 Å². The number of carbonyl (C=O) groups is 9. The summed E-state index contributed by atoms with van der Waals surface area (Å²) in [6, 6.07) is -0.197. The Morgan fingerprint density at radius 1 is 0.768 bits per heavy atom. The van der Waals surface area contributed by atoms with Crippen molar-refractivity contribution < 1.29 is 53.4 Å². The molecule has 0 unspecified atom stereocenters. The summed E-state index contributed by atoms with van der Waals surface area (Å²) in [6.45, 7) is -0.0343. The highest BCUT2D eigenvalue weighted by molar-refractivity contribution is 5.99. The molecule has 1 aromatic rings. The number of carboxylic acids is 1. The Morgan fingerprint density at radius 2 is 1.41 bits per heavy atom. The van der Waals surface area contributed by atoms with Gasteiger partial charge in [-0.25, -0.2) is 4.79 Å². The van der Waals surface area contributed by atoms with Crippen LogP contribution in [0.3, 0.4) is 0 Å². The number of hydrogen-bond donors (Lipinski definition) is 15. The molecule has 1 heterocycles. The second-order valence-electron chi connectivity index (χ2n) is 16.3. The first-order valence-electron chi connectivity index (χ1n) is 22.8. The van der Waals surface area contributed by atoms with Gasteiger partial charge in [0.15, 0.2) is 5.96 Å². The topological polar surface area (TPSA) is 464 Å². The minimum Gasteiger partial charge on any atom is -0.477 e. The quantitative estimate of drug-likeness (QED) is 0.0139. The number of carbonyl (C=O) groups excluding carboxylic acids is 8. The highest BCUT2D eigenvalue weighted by Crippen LogP contribution is 2.21. The van der Waals surface area contributed by atoms with E-state index >= 15 is 0 Å². The van der Waals surface area contributed by atoms with Gasteiger partial charge in [-0.05, 0) is 102 Å². The van der Waals surface area contributed by atoms with Crippen LogP contribution in [-0.2, 0) is 44.8 Å². The molecule has 22 N–H and O–H groups in total. The number of unbranched alkanes of at least 4 members (excludes halogenated alkanes) is 1. The van der Waals surface area contributed by atoms with E-state index in [0.29, 0.717) is 31.2 Å². The predicted octanol–water partition coefficient (Wildman–Crippen LogP) is -5.56. The van der Waals surface area contributed by atoms with Crippen LogP contribution in [0.5, 0.6) is 0 Å². The molecule has 69 heavy (non-hydrogen) atoms. The van der Waals surface area contributed by atoms with Crippen molar-refractivity contribution in [3.8, 4) is 0 Å². The largest absolute Gasteiger partial charge is 0.477 e. The van der Waals surface area contributed by atoms with Gasteiger partial charge < -0.3 is 87.1 Å². The standard InChI is InChI=1S/C43H71N15O11/c44-15-2-1-10-29(38(64)56-31(42(68)69)13-6-18-51-43(49)50)55-39(65)32(21-25-8-3-9-26(20-25)36(48)62)57-40(66)33-14-7-19-58(33)41(67)30(12-5-17-46)54-35(61)24-52-37(63)28(11-4-16-45)53-34(60)22-27(59)23-47/h3,8-9,13,20,27-30,32-33,59H,1-2,4-7,10-12,14-19,21-24,44-47H2,(H2,48,62)(H,52,63)(H,53,60)(H,54,61)(H,55,65)(H,56,64)(H,57,66)(H,68,69)(H4,49,50,51)/b31-13-/t27-,28+,29+,30-,32+,33+/m1/s1. The number of aliphatic imine (C=N–C) groups is 1. The Morgan fingerprint density at radius 3 is 2.03 bits per heavy atom. The molecule has 1 aromatic carbocycles. The van der Waals surface area contributed by atoms with E-state index in [2.05, 4.69) is 36.9 Å². The summed E-state index contributed by atoms with van der Waals surface area (Å²) in [4.78, 5) is 124. The first kappa shape index (κ1) is 58.4. The molecule has 0 spiro atoms. The Bertz CT molecular complexity index is 1980. The minimum absolute atomic E-state index is 0.0175. The maximum absolute atomic E-state index is 14.2. The second kappa shape index (κ2) is 31.3. The summed E-state index contributed by atoms with van der Waals surface area (Å²) < 4.78 is 0. The van der Waals surface area contributed by atoms with E-state index in [1.807, 2.05) is 0 Å². The van der Waals surface area contributed by atoms with E-state index in [1.165, 1.54) is 29.2 Å². The van der Waals surface area contributed by atoms with Gasteiger partial charge >= 0.3 is 5.97 Å². The summed E-state index contributed by atoms with van der Waals surface area (Å²) in [7, 11) is 0. The van der Waals surface area contributed by atoms with E-state index in [1.54, 1.807) is 6.07 Å². The van der Waals surface area contributed by atoms with Crippen molar-refractivity contribution >= 4 is 59.2 Å². The average Bonchev–Trinajstić information content (AvgIpc) is 3.81. The number of primary amides is 1. The molecule has 0 aliphatic carbocycles. The molecule has 2 rings (SSSR count). The fraction of sp³-hybridized carbons (Fsp3) is 0.581. The number of nitrogens with zero attached hydrogens (tertiary/aromatic N) is 2.